The molecular formula is C30H35FN2O5S. The Labute approximate surface area is 233 Å². The molecule has 9 heteroatoms. The molecule has 0 fully saturated rings. The van der Waals surface area contributed by atoms with Gasteiger partial charge in [-0.05, 0) is 60.6 Å². The first-order chi connectivity index (χ1) is 18.9. The first kappa shape index (κ1) is 30.0. The monoisotopic (exact) mass is 554 g/mol. The van der Waals surface area contributed by atoms with E-state index < -0.39 is 17.9 Å². The number of anilines is 1. The maximum atomic E-state index is 13.6. The Kier molecular flexibility index (Phi) is 12.6. The van der Waals surface area contributed by atoms with Gasteiger partial charge in [0.1, 0.15) is 18.2 Å². The minimum Gasteiger partial charge on any atom is -0.492 e. The van der Waals surface area contributed by atoms with E-state index >= 15 is 0 Å². The third-order valence-electron chi connectivity index (χ3n) is 5.81. The van der Waals surface area contributed by atoms with Crippen molar-refractivity contribution in [3.8, 4) is 5.75 Å². The lowest BCUT2D eigenvalue weighted by Gasteiger charge is -2.23. The lowest BCUT2D eigenvalue weighted by Crippen LogP contribution is -2.38. The molecule has 39 heavy (non-hydrogen) atoms. The third-order valence-corrected chi connectivity index (χ3v) is 6.92. The molecule has 0 aliphatic rings. The summed E-state index contributed by atoms with van der Waals surface area (Å²) in [6.07, 6.45) is 0.172. The second kappa shape index (κ2) is 16.4. The van der Waals surface area contributed by atoms with Gasteiger partial charge in [-0.25, -0.2) is 14.0 Å². The van der Waals surface area contributed by atoms with Crippen LogP contribution in [0.15, 0.2) is 78.9 Å². The van der Waals surface area contributed by atoms with Crippen molar-refractivity contribution < 1.29 is 28.6 Å². The van der Waals surface area contributed by atoms with Gasteiger partial charge in [-0.1, -0.05) is 48.5 Å². The standard InChI is InChI=1S/C30H35FN2O5S/c1-2-37-28(29(34)35)20-23-12-14-27(15-13-23)38-18-17-33(30(36)32-26-11-6-10-25(31)21-26)16-7-19-39-22-24-8-4-3-5-9-24/h3-6,8-15,21,28H,2,7,16-20,22H2,1H3,(H,32,36)(H,34,35). The number of hydrogen-bond donors (Lipinski definition) is 2. The van der Waals surface area contributed by atoms with Crippen molar-refractivity contribution in [3.63, 3.8) is 0 Å². The smallest absolute Gasteiger partial charge is 0.333 e. The summed E-state index contributed by atoms with van der Waals surface area (Å²) in [5.41, 5.74) is 2.48. The molecule has 1 atom stereocenters. The summed E-state index contributed by atoms with van der Waals surface area (Å²) in [4.78, 5) is 26.0. The molecule has 0 saturated carbocycles. The number of halogens is 1. The van der Waals surface area contributed by atoms with Gasteiger partial charge in [-0.2, -0.15) is 11.8 Å². The van der Waals surface area contributed by atoms with Crippen LogP contribution in [0.4, 0.5) is 14.9 Å². The Morgan fingerprint density at radius 3 is 2.46 bits per heavy atom. The van der Waals surface area contributed by atoms with Crippen molar-refractivity contribution in [2.75, 3.05) is 37.4 Å². The number of nitrogens with zero attached hydrogens (tertiary/aromatic N) is 1. The zero-order chi connectivity index (χ0) is 27.9. The Bertz CT molecular complexity index is 1160. The summed E-state index contributed by atoms with van der Waals surface area (Å²) < 4.78 is 24.7. The van der Waals surface area contributed by atoms with Gasteiger partial charge in [0, 0.05) is 31.0 Å². The molecule has 7 nitrogen and oxygen atoms in total. The Balaban J connectivity index is 1.51. The number of rotatable bonds is 16. The fraction of sp³-hybridized carbons (Fsp3) is 0.333. The topological polar surface area (TPSA) is 88.1 Å². The Morgan fingerprint density at radius 2 is 1.77 bits per heavy atom. The molecule has 0 saturated heterocycles. The van der Waals surface area contributed by atoms with Gasteiger partial charge in [-0.15, -0.1) is 0 Å². The lowest BCUT2D eigenvalue weighted by atomic mass is 10.1. The molecule has 0 heterocycles. The van der Waals surface area contributed by atoms with Gasteiger partial charge in [0.25, 0.3) is 0 Å². The first-order valence-electron chi connectivity index (χ1n) is 12.9. The molecular weight excluding hydrogens is 519 g/mol. The van der Waals surface area contributed by atoms with E-state index in [9.17, 15) is 19.1 Å². The number of ether oxygens (including phenoxy) is 2. The second-order valence-corrected chi connectivity index (χ2v) is 9.90. The largest absolute Gasteiger partial charge is 0.492 e. The van der Waals surface area contributed by atoms with Crippen LogP contribution in [0.3, 0.4) is 0 Å². The maximum Gasteiger partial charge on any atom is 0.333 e. The van der Waals surface area contributed by atoms with Crippen LogP contribution < -0.4 is 10.1 Å². The molecule has 3 rings (SSSR count). The molecule has 0 aliphatic heterocycles. The molecule has 0 aliphatic carbocycles. The average Bonchev–Trinajstić information content (AvgIpc) is 2.93. The maximum absolute atomic E-state index is 13.6. The number of hydrogen-bond acceptors (Lipinski definition) is 5. The predicted molar refractivity (Wildman–Crippen MR) is 153 cm³/mol. The molecule has 0 bridgehead atoms. The van der Waals surface area contributed by atoms with E-state index in [-0.39, 0.29) is 19.1 Å². The van der Waals surface area contributed by atoms with Crippen molar-refractivity contribution in [3.05, 3.63) is 95.8 Å². The zero-order valence-electron chi connectivity index (χ0n) is 22.1. The molecule has 2 amide bonds. The number of nitrogens with one attached hydrogen (secondary N) is 1. The first-order valence-corrected chi connectivity index (χ1v) is 14.1. The summed E-state index contributed by atoms with van der Waals surface area (Å²) in [5.74, 6) is 1.00. The number of benzene rings is 3. The summed E-state index contributed by atoms with van der Waals surface area (Å²) in [6.45, 7) is 3.23. The van der Waals surface area contributed by atoms with E-state index in [2.05, 4.69) is 17.4 Å². The number of carbonyl (C=O) groups excluding carboxylic acids is 1. The highest BCUT2D eigenvalue weighted by atomic mass is 32.2. The van der Waals surface area contributed by atoms with Gasteiger partial charge in [0.2, 0.25) is 0 Å². The molecule has 3 aromatic carbocycles. The highest BCUT2D eigenvalue weighted by molar-refractivity contribution is 7.98. The van der Waals surface area contributed by atoms with E-state index in [4.69, 9.17) is 9.47 Å². The minimum atomic E-state index is -0.993. The van der Waals surface area contributed by atoms with Crippen molar-refractivity contribution in [1.82, 2.24) is 4.90 Å². The quantitative estimate of drug-likeness (QED) is 0.208. The van der Waals surface area contributed by atoms with Crippen LogP contribution in [0.25, 0.3) is 0 Å². The number of carbonyl (C=O) groups is 2. The van der Waals surface area contributed by atoms with Crippen LogP contribution in [0, 0.1) is 5.82 Å². The summed E-state index contributed by atoms with van der Waals surface area (Å²) in [6, 6.07) is 22.9. The van der Waals surface area contributed by atoms with Crippen molar-refractivity contribution in [2.24, 2.45) is 0 Å². The van der Waals surface area contributed by atoms with E-state index in [1.807, 2.05) is 42.1 Å². The molecule has 0 radical (unpaired) electrons. The predicted octanol–water partition coefficient (Wildman–Crippen LogP) is 6.09. The fourth-order valence-corrected chi connectivity index (χ4v) is 4.74. The van der Waals surface area contributed by atoms with Crippen molar-refractivity contribution in [2.45, 2.75) is 31.6 Å². The van der Waals surface area contributed by atoms with Gasteiger partial charge in [0.15, 0.2) is 6.10 Å². The highest BCUT2D eigenvalue weighted by Crippen LogP contribution is 2.16. The van der Waals surface area contributed by atoms with Crippen LogP contribution in [-0.4, -0.2) is 60.2 Å². The van der Waals surface area contributed by atoms with Crippen molar-refractivity contribution >= 4 is 29.4 Å². The number of amides is 2. The van der Waals surface area contributed by atoms with E-state index in [0.29, 0.717) is 31.1 Å². The normalized spacial score (nSPS) is 11.5. The van der Waals surface area contributed by atoms with E-state index in [0.717, 1.165) is 23.5 Å². The Morgan fingerprint density at radius 1 is 1.00 bits per heavy atom. The van der Waals surface area contributed by atoms with E-state index in [1.54, 1.807) is 36.1 Å². The van der Waals surface area contributed by atoms with Crippen LogP contribution in [0.1, 0.15) is 24.5 Å². The Hall–Kier alpha value is -3.56. The van der Waals surface area contributed by atoms with Crippen LogP contribution >= 0.6 is 11.8 Å². The van der Waals surface area contributed by atoms with Gasteiger partial charge < -0.3 is 24.8 Å². The molecule has 3 aromatic rings. The second-order valence-electron chi connectivity index (χ2n) is 8.80. The van der Waals surface area contributed by atoms with Crippen molar-refractivity contribution in [1.29, 1.82) is 0 Å². The van der Waals surface area contributed by atoms with Crippen LogP contribution in [0.5, 0.6) is 5.75 Å². The number of carboxylic acids is 1. The lowest BCUT2D eigenvalue weighted by molar-refractivity contribution is -0.149. The fourth-order valence-electron chi connectivity index (χ4n) is 3.83. The van der Waals surface area contributed by atoms with Crippen LogP contribution in [-0.2, 0) is 21.7 Å². The molecule has 0 spiro atoms. The number of thioether (sulfide) groups is 1. The average molecular weight is 555 g/mol. The summed E-state index contributed by atoms with van der Waals surface area (Å²) in [5, 5.41) is 12.0. The van der Waals surface area contributed by atoms with Gasteiger partial charge in [0.05, 0.1) is 6.54 Å². The summed E-state index contributed by atoms with van der Waals surface area (Å²) >= 11 is 1.81. The molecule has 0 aromatic heterocycles. The zero-order valence-corrected chi connectivity index (χ0v) is 22.9. The summed E-state index contributed by atoms with van der Waals surface area (Å²) in [7, 11) is 0. The van der Waals surface area contributed by atoms with Gasteiger partial charge in [-0.3, -0.25) is 0 Å². The highest BCUT2D eigenvalue weighted by Gasteiger charge is 2.18. The third kappa shape index (κ3) is 11.0. The number of urea groups is 1. The molecule has 208 valence electrons. The SMILES string of the molecule is CCOC(Cc1ccc(OCCN(CCCSCc2ccccc2)C(=O)Nc2cccc(F)c2)cc1)C(=O)O. The molecule has 1 unspecified atom stereocenters. The minimum absolute atomic E-state index is 0.264. The van der Waals surface area contributed by atoms with E-state index in [1.165, 1.54) is 17.7 Å². The van der Waals surface area contributed by atoms with Crippen LogP contribution in [0.2, 0.25) is 0 Å². The number of aliphatic carboxylic acids is 1. The van der Waals surface area contributed by atoms with Gasteiger partial charge >= 0.3 is 12.0 Å². The molecule has 2 N–H and O–H groups in total. The number of carboxylic acid groups (broad SMARTS) is 1.